The van der Waals surface area contributed by atoms with E-state index in [1.54, 1.807) is 13.4 Å². The van der Waals surface area contributed by atoms with Crippen LogP contribution in [0.3, 0.4) is 0 Å². The molecular weight excluding hydrogens is 290 g/mol. The fraction of sp³-hybridized carbons (Fsp3) is 0.368. The first-order valence-corrected chi connectivity index (χ1v) is 8.00. The third kappa shape index (κ3) is 5.83. The predicted octanol–water partition coefficient (Wildman–Crippen LogP) is 4.27. The van der Waals surface area contributed by atoms with E-state index < -0.39 is 0 Å². The molecule has 0 saturated carbocycles. The quantitative estimate of drug-likeness (QED) is 0.665. The number of hydrogen-bond donors (Lipinski definition) is 1. The second-order valence-corrected chi connectivity index (χ2v) is 5.22. The summed E-state index contributed by atoms with van der Waals surface area (Å²) in [5, 5.41) is 3.35. The molecule has 0 aliphatic rings. The topological polar surface area (TPSA) is 43.6 Å². The highest BCUT2D eigenvalue weighted by molar-refractivity contribution is 5.55. The molecule has 0 bridgehead atoms. The standard InChI is InChI=1S/C19H25NO3/c1-3-7-16-9-10-18(19(14-16)21-2)23-12-5-4-11-20-15-17-8-6-13-22-17/h3,6-10,13-14,20H,4-5,11-12,15H2,1-2H3/b7-3+. The number of hydrogen-bond acceptors (Lipinski definition) is 4. The van der Waals surface area contributed by atoms with Crippen LogP contribution < -0.4 is 14.8 Å². The summed E-state index contributed by atoms with van der Waals surface area (Å²) in [4.78, 5) is 0. The van der Waals surface area contributed by atoms with Gasteiger partial charge in [0.25, 0.3) is 0 Å². The molecule has 124 valence electrons. The Morgan fingerprint density at radius 2 is 2.09 bits per heavy atom. The Hall–Kier alpha value is -2.20. The Balaban J connectivity index is 1.65. The molecule has 0 fully saturated rings. The molecule has 4 nitrogen and oxygen atoms in total. The van der Waals surface area contributed by atoms with Crippen molar-refractivity contribution in [3.05, 3.63) is 54.0 Å². The SMILES string of the molecule is C/C=C/c1ccc(OCCCCNCc2ccco2)c(OC)c1. The maximum Gasteiger partial charge on any atom is 0.161 e. The molecule has 0 radical (unpaired) electrons. The Kier molecular flexibility index (Phi) is 7.27. The highest BCUT2D eigenvalue weighted by Crippen LogP contribution is 2.28. The maximum absolute atomic E-state index is 5.82. The van der Waals surface area contributed by atoms with Crippen molar-refractivity contribution in [2.45, 2.75) is 26.3 Å². The van der Waals surface area contributed by atoms with Crippen LogP contribution in [0, 0.1) is 0 Å². The van der Waals surface area contributed by atoms with E-state index in [-0.39, 0.29) is 0 Å². The lowest BCUT2D eigenvalue weighted by Crippen LogP contribution is -2.15. The molecule has 0 unspecified atom stereocenters. The number of furan rings is 1. The van der Waals surface area contributed by atoms with Crippen LogP contribution in [0.15, 0.2) is 47.1 Å². The van der Waals surface area contributed by atoms with E-state index in [0.29, 0.717) is 6.61 Å². The minimum absolute atomic E-state index is 0.682. The molecule has 0 spiro atoms. The molecule has 1 N–H and O–H groups in total. The first-order valence-electron chi connectivity index (χ1n) is 8.00. The molecule has 23 heavy (non-hydrogen) atoms. The molecule has 1 aromatic heterocycles. The van der Waals surface area contributed by atoms with E-state index in [1.165, 1.54) is 0 Å². The second kappa shape index (κ2) is 9.74. The lowest BCUT2D eigenvalue weighted by molar-refractivity contribution is 0.285. The first kappa shape index (κ1) is 17.2. The van der Waals surface area contributed by atoms with Gasteiger partial charge in [-0.15, -0.1) is 0 Å². The van der Waals surface area contributed by atoms with Gasteiger partial charge in [0.1, 0.15) is 5.76 Å². The van der Waals surface area contributed by atoms with Gasteiger partial charge in [-0.2, -0.15) is 0 Å². The van der Waals surface area contributed by atoms with E-state index in [4.69, 9.17) is 13.9 Å². The molecule has 0 aliphatic carbocycles. The molecule has 2 aromatic rings. The Bertz CT molecular complexity index is 591. The average molecular weight is 315 g/mol. The Morgan fingerprint density at radius 1 is 1.17 bits per heavy atom. The van der Waals surface area contributed by atoms with E-state index in [0.717, 1.165) is 48.8 Å². The van der Waals surface area contributed by atoms with Crippen molar-refractivity contribution < 1.29 is 13.9 Å². The van der Waals surface area contributed by atoms with Crippen LogP contribution in [0.2, 0.25) is 0 Å². The van der Waals surface area contributed by atoms with Crippen LogP contribution in [0.25, 0.3) is 6.08 Å². The molecule has 0 atom stereocenters. The van der Waals surface area contributed by atoms with Crippen molar-refractivity contribution in [2.75, 3.05) is 20.3 Å². The Morgan fingerprint density at radius 3 is 2.83 bits per heavy atom. The Labute approximate surface area is 138 Å². The number of allylic oxidation sites excluding steroid dienone is 1. The summed E-state index contributed by atoms with van der Waals surface area (Å²) >= 11 is 0. The van der Waals surface area contributed by atoms with Crippen LogP contribution in [0.5, 0.6) is 11.5 Å². The minimum atomic E-state index is 0.682. The predicted molar refractivity (Wildman–Crippen MR) is 92.8 cm³/mol. The molecule has 1 aromatic carbocycles. The van der Waals surface area contributed by atoms with E-state index >= 15 is 0 Å². The van der Waals surface area contributed by atoms with Crippen molar-refractivity contribution in [1.82, 2.24) is 5.32 Å². The summed E-state index contributed by atoms with van der Waals surface area (Å²) < 4.78 is 16.5. The van der Waals surface area contributed by atoms with E-state index in [9.17, 15) is 0 Å². The molecule has 0 amide bonds. The largest absolute Gasteiger partial charge is 0.493 e. The van der Waals surface area contributed by atoms with Crippen LogP contribution >= 0.6 is 0 Å². The number of unbranched alkanes of at least 4 members (excludes halogenated alkanes) is 1. The minimum Gasteiger partial charge on any atom is -0.493 e. The number of benzene rings is 1. The summed E-state index contributed by atoms with van der Waals surface area (Å²) in [6.07, 6.45) is 7.78. The van der Waals surface area contributed by atoms with Crippen molar-refractivity contribution in [1.29, 1.82) is 0 Å². The van der Waals surface area contributed by atoms with E-state index in [1.807, 2.05) is 49.4 Å². The molecule has 2 rings (SSSR count). The highest BCUT2D eigenvalue weighted by atomic mass is 16.5. The zero-order valence-corrected chi connectivity index (χ0v) is 13.9. The number of ether oxygens (including phenoxy) is 2. The molecule has 0 saturated heterocycles. The van der Waals surface area contributed by atoms with Gasteiger partial charge in [-0.3, -0.25) is 0 Å². The molecule has 1 heterocycles. The van der Waals surface area contributed by atoms with Crippen LogP contribution in [0.4, 0.5) is 0 Å². The fourth-order valence-electron chi connectivity index (χ4n) is 2.26. The molecule has 4 heteroatoms. The van der Waals surface area contributed by atoms with Crippen LogP contribution in [-0.2, 0) is 6.54 Å². The summed E-state index contributed by atoms with van der Waals surface area (Å²) in [6, 6.07) is 9.85. The summed E-state index contributed by atoms with van der Waals surface area (Å²) in [5.41, 5.74) is 1.11. The van der Waals surface area contributed by atoms with Gasteiger partial charge in [0, 0.05) is 0 Å². The third-order valence-corrected chi connectivity index (χ3v) is 3.43. The van der Waals surface area contributed by atoms with Crippen molar-refractivity contribution in [3.8, 4) is 11.5 Å². The lowest BCUT2D eigenvalue weighted by Gasteiger charge is -2.11. The van der Waals surface area contributed by atoms with Crippen molar-refractivity contribution >= 4 is 6.08 Å². The van der Waals surface area contributed by atoms with Crippen LogP contribution in [0.1, 0.15) is 31.1 Å². The number of rotatable bonds is 10. The van der Waals surface area contributed by atoms with Crippen LogP contribution in [-0.4, -0.2) is 20.3 Å². The highest BCUT2D eigenvalue weighted by Gasteiger charge is 2.04. The zero-order chi connectivity index (χ0) is 16.3. The van der Waals surface area contributed by atoms with Gasteiger partial charge in [0.15, 0.2) is 11.5 Å². The van der Waals surface area contributed by atoms with Gasteiger partial charge in [-0.25, -0.2) is 0 Å². The molecular formula is C19H25NO3. The second-order valence-electron chi connectivity index (χ2n) is 5.22. The van der Waals surface area contributed by atoms with Gasteiger partial charge in [-0.1, -0.05) is 18.2 Å². The first-order chi connectivity index (χ1) is 11.3. The third-order valence-electron chi connectivity index (χ3n) is 3.43. The average Bonchev–Trinajstić information content (AvgIpc) is 3.08. The summed E-state index contributed by atoms with van der Waals surface area (Å²) in [7, 11) is 1.67. The van der Waals surface area contributed by atoms with Gasteiger partial charge in [0.05, 0.1) is 26.5 Å². The number of nitrogens with one attached hydrogen (secondary N) is 1. The number of methoxy groups -OCH3 is 1. The molecule has 0 aliphatic heterocycles. The normalized spacial score (nSPS) is 11.0. The van der Waals surface area contributed by atoms with Gasteiger partial charge >= 0.3 is 0 Å². The van der Waals surface area contributed by atoms with Gasteiger partial charge < -0.3 is 19.2 Å². The van der Waals surface area contributed by atoms with E-state index in [2.05, 4.69) is 5.32 Å². The smallest absolute Gasteiger partial charge is 0.161 e. The monoisotopic (exact) mass is 315 g/mol. The van der Waals surface area contributed by atoms with Crippen molar-refractivity contribution in [2.24, 2.45) is 0 Å². The lowest BCUT2D eigenvalue weighted by atomic mass is 10.2. The summed E-state index contributed by atoms with van der Waals surface area (Å²) in [6.45, 7) is 4.40. The van der Waals surface area contributed by atoms with Crippen molar-refractivity contribution in [3.63, 3.8) is 0 Å². The maximum atomic E-state index is 5.82. The van der Waals surface area contributed by atoms with Gasteiger partial charge in [0.2, 0.25) is 0 Å². The fourth-order valence-corrected chi connectivity index (χ4v) is 2.26. The summed E-state index contributed by atoms with van der Waals surface area (Å²) in [5.74, 6) is 2.54. The van der Waals surface area contributed by atoms with Gasteiger partial charge in [-0.05, 0) is 56.1 Å². The zero-order valence-electron chi connectivity index (χ0n) is 13.9.